The molecule has 0 spiro atoms. The molecule has 3 aliphatic heterocycles. The molecule has 102 heavy (non-hydrogen) atoms. The van der Waals surface area contributed by atoms with Crippen molar-refractivity contribution in [3.63, 3.8) is 0 Å². The lowest BCUT2D eigenvalue weighted by Crippen LogP contribution is -2.51. The SMILES string of the molecule is CCCCOC(C)c1c(C)c2cc3nc(c4c5[nH]c(cc6nc(cc1[nH]2)C(C)=C6CC)c(C)c5C(=O)N(Cc1cc(C(F)(F)F)cc(C(F)(F)F)c1)C4=O)[C@@H](CCC(=O)N(CC(=O)N(CC(=O)OC(C)(C)C)CC(=O)OC(C)(C)C)CC(=O)N(CC(=O)OC(C)(C)C)CC(=O)OC(C)(C)C)[C@@H]3C. The van der Waals surface area contributed by atoms with Gasteiger partial charge in [0, 0.05) is 52.7 Å². The van der Waals surface area contributed by atoms with Crippen molar-refractivity contribution in [1.82, 2.24) is 39.5 Å². The van der Waals surface area contributed by atoms with Gasteiger partial charge in [-0.15, -0.1) is 0 Å². The normalized spacial score (nSPS) is 15.5. The van der Waals surface area contributed by atoms with Crippen LogP contribution < -0.4 is 0 Å². The molecule has 2 N–H and O–H groups in total. The van der Waals surface area contributed by atoms with Gasteiger partial charge in [-0.25, -0.2) is 4.98 Å². The average Bonchev–Trinajstić information content (AvgIpc) is 1.55. The molecule has 0 aliphatic carbocycles. The van der Waals surface area contributed by atoms with E-state index in [1.165, 1.54) is 0 Å². The lowest BCUT2D eigenvalue weighted by molar-refractivity contribution is -0.164. The van der Waals surface area contributed by atoms with E-state index in [0.29, 0.717) is 52.5 Å². The third-order valence-electron chi connectivity index (χ3n) is 16.9. The van der Waals surface area contributed by atoms with E-state index < -0.39 is 175 Å². The van der Waals surface area contributed by atoms with Gasteiger partial charge >= 0.3 is 36.2 Å². The maximum absolute atomic E-state index is 15.8. The molecule has 3 aromatic heterocycles. The molecule has 556 valence electrons. The van der Waals surface area contributed by atoms with Crippen LogP contribution in [-0.4, -0.2) is 161 Å². The van der Waals surface area contributed by atoms with Crippen molar-refractivity contribution in [2.24, 2.45) is 0 Å². The van der Waals surface area contributed by atoms with E-state index in [9.17, 15) is 55.1 Å². The van der Waals surface area contributed by atoms with E-state index in [1.54, 1.807) is 109 Å². The molecule has 7 rings (SSSR count). The number of ether oxygens (including phenoxy) is 5. The second kappa shape index (κ2) is 30.9. The molecule has 3 aliphatic rings. The molecule has 22 nitrogen and oxygen atoms in total. The van der Waals surface area contributed by atoms with Crippen molar-refractivity contribution in [2.75, 3.05) is 45.9 Å². The summed E-state index contributed by atoms with van der Waals surface area (Å²) >= 11 is 0. The highest BCUT2D eigenvalue weighted by molar-refractivity contribution is 6.23. The zero-order chi connectivity index (χ0) is 76.4. The predicted octanol–water partition coefficient (Wildman–Crippen LogP) is 13.5. The van der Waals surface area contributed by atoms with Gasteiger partial charge in [-0.3, -0.25) is 53.0 Å². The van der Waals surface area contributed by atoms with Crippen LogP contribution in [0.15, 0.2) is 36.4 Å². The van der Waals surface area contributed by atoms with Crippen LogP contribution in [0.1, 0.15) is 245 Å². The smallest absolute Gasteiger partial charge is 0.416 e. The van der Waals surface area contributed by atoms with E-state index in [-0.39, 0.29) is 51.6 Å². The van der Waals surface area contributed by atoms with Crippen molar-refractivity contribution in [2.45, 2.75) is 223 Å². The maximum atomic E-state index is 15.8. The van der Waals surface area contributed by atoms with Crippen LogP contribution in [-0.2, 0) is 76.1 Å². The number of amides is 5. The molecule has 8 bridgehead atoms. The number of H-pyrrole nitrogens is 2. The zero-order valence-electron chi connectivity index (χ0n) is 61.6. The number of unbranched alkanes of at least 4 members (excludes halogenated alkanes) is 1. The monoisotopic (exact) mass is 1430 g/mol. The molecular weight excluding hydrogens is 1340 g/mol. The van der Waals surface area contributed by atoms with Crippen molar-refractivity contribution in [3.05, 3.63) is 104 Å². The Hall–Kier alpha value is -8.95. The van der Waals surface area contributed by atoms with E-state index in [2.05, 4.69) is 9.97 Å². The van der Waals surface area contributed by atoms with Crippen molar-refractivity contribution < 1.29 is 93.2 Å². The number of imide groups is 1. The number of esters is 4. The summed E-state index contributed by atoms with van der Waals surface area (Å²) in [5, 5.41) is 0. The van der Waals surface area contributed by atoms with Crippen LogP contribution >= 0.6 is 0 Å². The molecule has 28 heteroatoms. The minimum Gasteiger partial charge on any atom is -0.459 e. The highest BCUT2D eigenvalue weighted by Gasteiger charge is 2.44. The third kappa shape index (κ3) is 20.2. The van der Waals surface area contributed by atoms with Crippen LogP contribution in [0.3, 0.4) is 0 Å². The van der Waals surface area contributed by atoms with Crippen LogP contribution in [0.2, 0.25) is 0 Å². The number of aromatic nitrogens is 4. The lowest BCUT2D eigenvalue weighted by Gasteiger charge is -2.31. The summed E-state index contributed by atoms with van der Waals surface area (Å²) < 4.78 is 116. The Morgan fingerprint density at radius 2 is 1.02 bits per heavy atom. The first kappa shape index (κ1) is 80.4. The average molecular weight is 1430 g/mol. The zero-order valence-corrected chi connectivity index (χ0v) is 61.6. The number of nitrogens with zero attached hydrogens (tertiary/aromatic N) is 6. The number of fused-ring (bicyclic) bond motifs is 8. The Labute approximate surface area is 589 Å². The Morgan fingerprint density at radius 3 is 1.47 bits per heavy atom. The van der Waals surface area contributed by atoms with Gasteiger partial charge in [0.2, 0.25) is 17.7 Å². The van der Waals surface area contributed by atoms with Gasteiger partial charge in [0.1, 0.15) is 61.7 Å². The van der Waals surface area contributed by atoms with Gasteiger partial charge in [-0.1, -0.05) is 27.2 Å². The minimum absolute atomic E-state index is 0.0743. The van der Waals surface area contributed by atoms with Crippen LogP contribution in [0.5, 0.6) is 0 Å². The van der Waals surface area contributed by atoms with Gasteiger partial charge in [0.25, 0.3) is 11.8 Å². The van der Waals surface area contributed by atoms with E-state index >= 15 is 14.4 Å². The molecule has 0 saturated heterocycles. The summed E-state index contributed by atoms with van der Waals surface area (Å²) in [4.78, 5) is 151. The number of alkyl halides is 6. The van der Waals surface area contributed by atoms with Gasteiger partial charge in [0.05, 0.1) is 57.5 Å². The molecule has 0 fully saturated rings. The van der Waals surface area contributed by atoms with Crippen molar-refractivity contribution in [1.29, 1.82) is 0 Å². The number of nitrogens with one attached hydrogen (secondary N) is 2. The Bertz CT molecular complexity index is 3990. The second-order valence-electron chi connectivity index (χ2n) is 30.0. The topological polar surface area (TPSA) is 270 Å². The van der Waals surface area contributed by atoms with Gasteiger partial charge < -0.3 is 48.4 Å². The molecule has 0 saturated carbocycles. The standard InChI is InChI=1S/C74H94F6N8O14/c1-20-22-25-98-43(7)62-41(5)51-29-50-40(4)48(23-24-55(89)85(33-56(90)86(35-58(92)99-69(8,9)10)36-59(93)100-70(11,12)13)34-57(91)87(37-60(94)101-71(14,15)16)38-61(95)102-72(17,18)19)65(83-50)64-66-63(42(6)52(84-66)30-53-47(21-2)39(3)49(81-53)31-54(62)82-51)67(96)88(68(64)97)32-44-26-45(73(75,76)77)28-46(27-44)74(78,79)80/h26-31,40,43,48,82,84H,20-25,32-38H2,1-19H3/t40-,43?,48-/m0/s1. The van der Waals surface area contributed by atoms with Crippen LogP contribution in [0.4, 0.5) is 26.3 Å². The number of aromatic amines is 2. The summed E-state index contributed by atoms with van der Waals surface area (Å²) in [6.45, 7) is 25.6. The molecule has 3 atom stereocenters. The molecular formula is C74H94F6N8O14. The number of allylic oxidation sites excluding steroid dienone is 2. The molecule has 5 amide bonds. The highest BCUT2D eigenvalue weighted by atomic mass is 19.4. The number of carbonyl (C=O) groups is 9. The number of hydrogen-bond acceptors (Lipinski definition) is 16. The number of aryl methyl sites for hydroxylation is 2. The number of benzene rings is 1. The summed E-state index contributed by atoms with van der Waals surface area (Å²) in [5.74, 6) is -11.2. The quantitative estimate of drug-likeness (QED) is 0.0230. The van der Waals surface area contributed by atoms with Gasteiger partial charge in [-0.05, 0) is 194 Å². The fourth-order valence-corrected chi connectivity index (χ4v) is 12.4. The summed E-state index contributed by atoms with van der Waals surface area (Å²) in [7, 11) is 0. The number of hydrogen-bond donors (Lipinski definition) is 2. The Kier molecular flexibility index (Phi) is 24.4. The number of carbonyl (C=O) groups excluding carboxylic acids is 9. The van der Waals surface area contributed by atoms with Crippen molar-refractivity contribution >= 4 is 86.6 Å². The first-order valence-electron chi connectivity index (χ1n) is 33.9. The molecule has 4 aromatic rings. The number of rotatable bonds is 23. The first-order chi connectivity index (χ1) is 47.0. The van der Waals surface area contributed by atoms with Crippen LogP contribution in [0.25, 0.3) is 33.2 Å². The van der Waals surface area contributed by atoms with E-state index in [1.807, 2.05) is 40.7 Å². The predicted molar refractivity (Wildman–Crippen MR) is 367 cm³/mol. The number of halogens is 6. The Morgan fingerprint density at radius 1 is 0.569 bits per heavy atom. The highest BCUT2D eigenvalue weighted by Crippen LogP contribution is 2.46. The van der Waals surface area contributed by atoms with E-state index in [0.717, 1.165) is 49.8 Å². The minimum atomic E-state index is -5.31. The third-order valence-corrected chi connectivity index (χ3v) is 16.9. The summed E-state index contributed by atoms with van der Waals surface area (Å²) in [6, 6.07) is 6.08. The Balaban J connectivity index is 1.48. The first-order valence-corrected chi connectivity index (χ1v) is 33.9. The van der Waals surface area contributed by atoms with Gasteiger partial charge in [-0.2, -0.15) is 26.3 Å². The lowest BCUT2D eigenvalue weighted by atomic mass is 9.84. The van der Waals surface area contributed by atoms with E-state index in [4.69, 9.17) is 33.7 Å². The maximum Gasteiger partial charge on any atom is 0.416 e. The molecule has 6 heterocycles. The largest absolute Gasteiger partial charge is 0.459 e. The fraction of sp³-hybridized carbons (Fsp3) is 0.554. The summed E-state index contributed by atoms with van der Waals surface area (Å²) in [5.41, 5.74) is -3.06. The van der Waals surface area contributed by atoms with Crippen LogP contribution in [0, 0.1) is 13.8 Å². The fourth-order valence-electron chi connectivity index (χ4n) is 12.4. The second-order valence-corrected chi connectivity index (χ2v) is 30.0. The van der Waals surface area contributed by atoms with Crippen molar-refractivity contribution in [3.8, 4) is 0 Å². The van der Waals surface area contributed by atoms with Gasteiger partial charge in [0.15, 0.2) is 0 Å². The summed E-state index contributed by atoms with van der Waals surface area (Å²) in [6.07, 6.45) is -9.95. The molecule has 0 radical (unpaired) electrons. The molecule has 1 unspecified atom stereocenters. The molecule has 1 aromatic carbocycles.